The number of hydrogen-bond acceptors (Lipinski definition) is 3. The number of aliphatic carboxylic acids is 1. The van der Waals surface area contributed by atoms with Gasteiger partial charge >= 0.3 is 5.97 Å². The van der Waals surface area contributed by atoms with Crippen molar-refractivity contribution in [3.8, 4) is 0 Å². The minimum Gasteiger partial charge on any atom is -0.481 e. The molecule has 0 amide bonds. The molecule has 0 radical (unpaired) electrons. The van der Waals surface area contributed by atoms with Crippen LogP contribution in [0.5, 0.6) is 0 Å². The van der Waals surface area contributed by atoms with Crippen molar-refractivity contribution in [2.24, 2.45) is 5.92 Å². The predicted molar refractivity (Wildman–Crippen MR) is 70.3 cm³/mol. The third-order valence-corrected chi connectivity index (χ3v) is 3.33. The van der Waals surface area contributed by atoms with E-state index in [0.717, 1.165) is 6.54 Å². The molecule has 1 heterocycles. The molecule has 2 unspecified atom stereocenters. The molecule has 4 nitrogen and oxygen atoms in total. The van der Waals surface area contributed by atoms with Crippen molar-refractivity contribution in [3.05, 3.63) is 35.4 Å². The Morgan fingerprint density at radius 2 is 2.28 bits per heavy atom. The van der Waals surface area contributed by atoms with Crippen LogP contribution >= 0.6 is 0 Å². The number of carbonyl (C=O) groups is 1. The van der Waals surface area contributed by atoms with E-state index in [1.807, 2.05) is 20.2 Å². The third kappa shape index (κ3) is 3.09. The van der Waals surface area contributed by atoms with Crippen molar-refractivity contribution in [1.29, 1.82) is 0 Å². The molecular formula is C14H20N2O2. The van der Waals surface area contributed by atoms with E-state index >= 15 is 0 Å². The van der Waals surface area contributed by atoms with Crippen molar-refractivity contribution in [3.63, 3.8) is 0 Å². The fraction of sp³-hybridized carbons (Fsp3) is 0.500. The maximum absolute atomic E-state index is 10.9. The van der Waals surface area contributed by atoms with Gasteiger partial charge < -0.3 is 15.3 Å². The average molecular weight is 248 g/mol. The van der Waals surface area contributed by atoms with Crippen LogP contribution in [0, 0.1) is 5.92 Å². The fourth-order valence-electron chi connectivity index (χ4n) is 2.45. The Balaban J connectivity index is 2.07. The number of nitrogens with zero attached hydrogens (tertiary/aromatic N) is 1. The molecule has 1 aromatic rings. The summed E-state index contributed by atoms with van der Waals surface area (Å²) in [5.74, 6) is -0.957. The average Bonchev–Trinajstić information content (AvgIpc) is 2.77. The van der Waals surface area contributed by atoms with Gasteiger partial charge in [0.15, 0.2) is 0 Å². The monoisotopic (exact) mass is 248 g/mol. The lowest BCUT2D eigenvalue weighted by atomic mass is 9.98. The highest BCUT2D eigenvalue weighted by Gasteiger charge is 2.29. The van der Waals surface area contributed by atoms with Gasteiger partial charge in [-0.15, -0.1) is 0 Å². The summed E-state index contributed by atoms with van der Waals surface area (Å²) in [5.41, 5.74) is 2.45. The quantitative estimate of drug-likeness (QED) is 0.847. The molecule has 0 aromatic heterocycles. The topological polar surface area (TPSA) is 52.6 Å². The summed E-state index contributed by atoms with van der Waals surface area (Å²) in [6.07, 6.45) is 0.681. The lowest BCUT2D eigenvalue weighted by Crippen LogP contribution is -2.17. The predicted octanol–water partition coefficient (Wildman–Crippen LogP) is 1.48. The molecule has 0 aliphatic carbocycles. The Kier molecular flexibility index (Phi) is 3.99. The van der Waals surface area contributed by atoms with Crippen LogP contribution in [0.25, 0.3) is 0 Å². The van der Waals surface area contributed by atoms with Gasteiger partial charge in [0.1, 0.15) is 0 Å². The lowest BCUT2D eigenvalue weighted by molar-refractivity contribution is -0.141. The van der Waals surface area contributed by atoms with E-state index in [2.05, 4.69) is 28.4 Å². The summed E-state index contributed by atoms with van der Waals surface area (Å²) in [7, 11) is 4.09. The molecule has 2 atom stereocenters. The molecule has 98 valence electrons. The van der Waals surface area contributed by atoms with Gasteiger partial charge in [0, 0.05) is 19.1 Å². The standard InChI is InChI=1S/C14H20N2O2/c1-16(2)9-10-4-3-5-11(6-10)13-7-12(8-15-13)14(17)18/h3-6,12-13,15H,7-9H2,1-2H3,(H,17,18). The zero-order chi connectivity index (χ0) is 13.1. The fourth-order valence-corrected chi connectivity index (χ4v) is 2.45. The van der Waals surface area contributed by atoms with Crippen molar-refractivity contribution >= 4 is 5.97 Å². The van der Waals surface area contributed by atoms with E-state index in [1.54, 1.807) is 0 Å². The van der Waals surface area contributed by atoms with Gasteiger partial charge in [-0.3, -0.25) is 4.79 Å². The third-order valence-electron chi connectivity index (χ3n) is 3.33. The smallest absolute Gasteiger partial charge is 0.307 e. The summed E-state index contributed by atoms with van der Waals surface area (Å²) in [6.45, 7) is 1.47. The first-order valence-corrected chi connectivity index (χ1v) is 6.26. The van der Waals surface area contributed by atoms with Gasteiger partial charge in [-0.1, -0.05) is 24.3 Å². The van der Waals surface area contributed by atoms with E-state index in [0.29, 0.717) is 13.0 Å². The zero-order valence-corrected chi connectivity index (χ0v) is 10.9. The summed E-state index contributed by atoms with van der Waals surface area (Å²) in [4.78, 5) is 13.1. The molecule has 1 aliphatic heterocycles. The van der Waals surface area contributed by atoms with Crippen molar-refractivity contribution in [2.75, 3.05) is 20.6 Å². The summed E-state index contributed by atoms with van der Waals surface area (Å²) in [6, 6.07) is 8.56. The summed E-state index contributed by atoms with van der Waals surface area (Å²) in [5, 5.41) is 12.3. The van der Waals surface area contributed by atoms with Crippen LogP contribution in [0.4, 0.5) is 0 Å². The van der Waals surface area contributed by atoms with Gasteiger partial charge in [-0.2, -0.15) is 0 Å². The van der Waals surface area contributed by atoms with Gasteiger partial charge in [-0.05, 0) is 31.6 Å². The molecule has 1 fully saturated rings. The first kappa shape index (κ1) is 13.1. The second kappa shape index (κ2) is 5.50. The van der Waals surface area contributed by atoms with E-state index in [9.17, 15) is 4.79 Å². The van der Waals surface area contributed by atoms with Crippen LogP contribution in [0.15, 0.2) is 24.3 Å². The number of carboxylic acid groups (broad SMARTS) is 1. The van der Waals surface area contributed by atoms with Crippen molar-refractivity contribution in [1.82, 2.24) is 10.2 Å². The Morgan fingerprint density at radius 1 is 1.50 bits per heavy atom. The second-order valence-corrected chi connectivity index (χ2v) is 5.21. The Labute approximate surface area is 108 Å². The number of nitrogens with one attached hydrogen (secondary N) is 1. The van der Waals surface area contributed by atoms with Crippen LogP contribution in [0.2, 0.25) is 0 Å². The number of carboxylic acids is 1. The van der Waals surface area contributed by atoms with E-state index in [1.165, 1.54) is 11.1 Å². The van der Waals surface area contributed by atoms with Crippen LogP contribution in [-0.2, 0) is 11.3 Å². The van der Waals surface area contributed by atoms with Crippen LogP contribution < -0.4 is 5.32 Å². The summed E-state index contributed by atoms with van der Waals surface area (Å²) >= 11 is 0. The molecule has 1 aromatic carbocycles. The number of hydrogen-bond donors (Lipinski definition) is 2. The molecule has 1 aliphatic rings. The van der Waals surface area contributed by atoms with Crippen LogP contribution in [0.1, 0.15) is 23.6 Å². The van der Waals surface area contributed by atoms with E-state index in [4.69, 9.17) is 5.11 Å². The highest BCUT2D eigenvalue weighted by atomic mass is 16.4. The Bertz CT molecular complexity index is 432. The van der Waals surface area contributed by atoms with Crippen LogP contribution in [-0.4, -0.2) is 36.6 Å². The molecular weight excluding hydrogens is 228 g/mol. The maximum Gasteiger partial charge on any atom is 0.307 e. The number of rotatable bonds is 4. The maximum atomic E-state index is 10.9. The SMILES string of the molecule is CN(C)Cc1cccc(C2CC(C(=O)O)CN2)c1. The molecule has 0 bridgehead atoms. The summed E-state index contributed by atoms with van der Waals surface area (Å²) < 4.78 is 0. The van der Waals surface area contributed by atoms with E-state index in [-0.39, 0.29) is 12.0 Å². The largest absolute Gasteiger partial charge is 0.481 e. The van der Waals surface area contributed by atoms with Crippen molar-refractivity contribution in [2.45, 2.75) is 19.0 Å². The normalized spacial score (nSPS) is 23.5. The first-order chi connectivity index (χ1) is 8.56. The van der Waals surface area contributed by atoms with Crippen molar-refractivity contribution < 1.29 is 9.90 Å². The van der Waals surface area contributed by atoms with Gasteiger partial charge in [0.2, 0.25) is 0 Å². The Hall–Kier alpha value is -1.39. The van der Waals surface area contributed by atoms with Gasteiger partial charge in [0.25, 0.3) is 0 Å². The molecule has 2 N–H and O–H groups in total. The molecule has 0 spiro atoms. The lowest BCUT2D eigenvalue weighted by Gasteiger charge is -2.14. The first-order valence-electron chi connectivity index (χ1n) is 6.26. The van der Waals surface area contributed by atoms with E-state index < -0.39 is 5.97 Å². The van der Waals surface area contributed by atoms with Gasteiger partial charge in [0.05, 0.1) is 5.92 Å². The highest BCUT2D eigenvalue weighted by Crippen LogP contribution is 2.27. The molecule has 2 rings (SSSR count). The van der Waals surface area contributed by atoms with Crippen LogP contribution in [0.3, 0.4) is 0 Å². The molecule has 0 saturated carbocycles. The molecule has 1 saturated heterocycles. The number of benzene rings is 1. The minimum atomic E-state index is -0.700. The molecule has 4 heteroatoms. The molecule has 18 heavy (non-hydrogen) atoms. The Morgan fingerprint density at radius 3 is 2.89 bits per heavy atom. The highest BCUT2D eigenvalue weighted by molar-refractivity contribution is 5.70. The van der Waals surface area contributed by atoms with Gasteiger partial charge in [-0.25, -0.2) is 0 Å². The zero-order valence-electron chi connectivity index (χ0n) is 10.9. The minimum absolute atomic E-state index is 0.174. The second-order valence-electron chi connectivity index (χ2n) is 5.21.